The van der Waals surface area contributed by atoms with E-state index in [0.717, 1.165) is 17.0 Å². The second-order valence-corrected chi connectivity index (χ2v) is 5.06. The summed E-state index contributed by atoms with van der Waals surface area (Å²) in [6, 6.07) is 13.3. The molecule has 0 spiro atoms. The molecule has 0 bridgehead atoms. The number of aromatic nitrogens is 1. The lowest BCUT2D eigenvalue weighted by Crippen LogP contribution is -1.94. The molecule has 0 aliphatic carbocycles. The van der Waals surface area contributed by atoms with Gasteiger partial charge in [0, 0.05) is 15.9 Å². The Morgan fingerprint density at radius 1 is 1.00 bits per heavy atom. The summed E-state index contributed by atoms with van der Waals surface area (Å²) in [5, 5.41) is 0.945. The van der Waals surface area contributed by atoms with Crippen molar-refractivity contribution >= 4 is 26.8 Å². The number of hydrogen-bond donors (Lipinski definition) is 0. The van der Waals surface area contributed by atoms with E-state index in [0.29, 0.717) is 4.47 Å². The topological polar surface area (TPSA) is 22.1 Å². The molecule has 20 heavy (non-hydrogen) atoms. The third kappa shape index (κ3) is 2.49. The maximum absolute atomic E-state index is 13.6. The third-order valence-corrected chi connectivity index (χ3v) is 3.20. The van der Waals surface area contributed by atoms with E-state index in [-0.39, 0.29) is 11.6 Å². The van der Waals surface area contributed by atoms with Gasteiger partial charge < -0.3 is 4.74 Å². The second-order valence-electron chi connectivity index (χ2n) is 4.14. The summed E-state index contributed by atoms with van der Waals surface area (Å²) in [4.78, 5) is 4.24. The number of halogens is 3. The minimum atomic E-state index is -1.04. The van der Waals surface area contributed by atoms with Crippen molar-refractivity contribution in [3.05, 3.63) is 64.6 Å². The van der Waals surface area contributed by atoms with Crippen molar-refractivity contribution in [1.29, 1.82) is 0 Å². The molecule has 3 aromatic rings. The molecule has 1 heterocycles. The predicted molar refractivity (Wildman–Crippen MR) is 75.9 cm³/mol. The molecule has 0 radical (unpaired) electrons. The number of rotatable bonds is 2. The van der Waals surface area contributed by atoms with Gasteiger partial charge in [-0.15, -0.1) is 0 Å². The number of fused-ring (bicyclic) bond motifs is 1. The first-order valence-corrected chi connectivity index (χ1v) is 6.61. The fourth-order valence-corrected chi connectivity index (χ4v) is 2.23. The molecule has 100 valence electrons. The van der Waals surface area contributed by atoms with Gasteiger partial charge in [-0.3, -0.25) is 0 Å². The molecule has 0 saturated heterocycles. The number of nitrogens with zero attached hydrogens (tertiary/aromatic N) is 1. The Bertz CT molecular complexity index is 792. The molecule has 0 aliphatic rings. The van der Waals surface area contributed by atoms with Crippen LogP contribution in [0.25, 0.3) is 10.9 Å². The molecule has 0 fully saturated rings. The molecule has 0 aliphatic heterocycles. The van der Waals surface area contributed by atoms with Crippen LogP contribution in [0.3, 0.4) is 0 Å². The number of ether oxygens (including phenoxy) is 1. The molecule has 0 unspecified atom stereocenters. The van der Waals surface area contributed by atoms with Crippen LogP contribution in [0.5, 0.6) is 11.6 Å². The lowest BCUT2D eigenvalue weighted by molar-refractivity contribution is 0.406. The Kier molecular flexibility index (Phi) is 3.36. The Balaban J connectivity index is 2.01. The van der Waals surface area contributed by atoms with Gasteiger partial charge in [0.1, 0.15) is 0 Å². The van der Waals surface area contributed by atoms with Gasteiger partial charge in [-0.2, -0.15) is 4.39 Å². The minimum absolute atomic E-state index is 0.208. The summed E-state index contributed by atoms with van der Waals surface area (Å²) in [6.07, 6.45) is 0. The van der Waals surface area contributed by atoms with E-state index in [9.17, 15) is 8.78 Å². The zero-order valence-electron chi connectivity index (χ0n) is 10.1. The SMILES string of the molecule is Fc1cc(Br)cc(Oc2ccc3ccccc3n2)c1F. The molecule has 0 atom stereocenters. The van der Waals surface area contributed by atoms with Gasteiger partial charge in [0.05, 0.1) is 5.52 Å². The van der Waals surface area contributed by atoms with E-state index in [1.165, 1.54) is 6.07 Å². The fourth-order valence-electron chi connectivity index (χ4n) is 1.82. The predicted octanol–water partition coefficient (Wildman–Crippen LogP) is 5.07. The molecule has 2 aromatic carbocycles. The van der Waals surface area contributed by atoms with Gasteiger partial charge in [0.15, 0.2) is 11.6 Å². The molecule has 0 N–H and O–H groups in total. The highest BCUT2D eigenvalue weighted by Crippen LogP contribution is 2.29. The van der Waals surface area contributed by atoms with E-state index < -0.39 is 11.6 Å². The molecule has 1 aromatic heterocycles. The first kappa shape index (κ1) is 13.0. The monoisotopic (exact) mass is 335 g/mol. The van der Waals surface area contributed by atoms with Gasteiger partial charge in [-0.05, 0) is 24.3 Å². The molecule has 0 amide bonds. The normalized spacial score (nSPS) is 10.8. The van der Waals surface area contributed by atoms with E-state index in [1.807, 2.05) is 30.3 Å². The van der Waals surface area contributed by atoms with Gasteiger partial charge in [0.25, 0.3) is 0 Å². The zero-order valence-corrected chi connectivity index (χ0v) is 11.7. The molecule has 5 heteroatoms. The zero-order chi connectivity index (χ0) is 14.1. The van der Waals surface area contributed by atoms with Gasteiger partial charge >= 0.3 is 0 Å². The van der Waals surface area contributed by atoms with Crippen molar-refractivity contribution in [2.24, 2.45) is 0 Å². The Morgan fingerprint density at radius 3 is 2.65 bits per heavy atom. The van der Waals surface area contributed by atoms with Crippen molar-refractivity contribution in [3.8, 4) is 11.6 Å². The van der Waals surface area contributed by atoms with Crippen LogP contribution in [0, 0.1) is 11.6 Å². The minimum Gasteiger partial charge on any atom is -0.436 e. The molecule has 0 saturated carbocycles. The summed E-state index contributed by atoms with van der Waals surface area (Å²) in [5.74, 6) is -2.02. The highest BCUT2D eigenvalue weighted by atomic mass is 79.9. The highest BCUT2D eigenvalue weighted by molar-refractivity contribution is 9.10. The second kappa shape index (κ2) is 5.17. The smallest absolute Gasteiger partial charge is 0.219 e. The molecular formula is C15H8BrF2NO. The summed E-state index contributed by atoms with van der Waals surface area (Å²) in [6.45, 7) is 0. The van der Waals surface area contributed by atoms with Crippen molar-refractivity contribution < 1.29 is 13.5 Å². The average molecular weight is 336 g/mol. The Morgan fingerprint density at radius 2 is 1.80 bits per heavy atom. The maximum atomic E-state index is 13.6. The molecule has 2 nitrogen and oxygen atoms in total. The summed E-state index contributed by atoms with van der Waals surface area (Å²) >= 11 is 3.09. The van der Waals surface area contributed by atoms with Crippen molar-refractivity contribution in [2.75, 3.05) is 0 Å². The van der Waals surface area contributed by atoms with Crippen LogP contribution in [0.15, 0.2) is 53.0 Å². The van der Waals surface area contributed by atoms with E-state index in [2.05, 4.69) is 20.9 Å². The lowest BCUT2D eigenvalue weighted by atomic mass is 10.2. The van der Waals surface area contributed by atoms with Crippen LogP contribution < -0.4 is 4.74 Å². The van der Waals surface area contributed by atoms with Crippen LogP contribution in [0.1, 0.15) is 0 Å². The van der Waals surface area contributed by atoms with Crippen molar-refractivity contribution in [3.63, 3.8) is 0 Å². The first-order valence-electron chi connectivity index (χ1n) is 5.82. The van der Waals surface area contributed by atoms with Crippen LogP contribution in [0.4, 0.5) is 8.78 Å². The Hall–Kier alpha value is -2.01. The fraction of sp³-hybridized carbons (Fsp3) is 0. The van der Waals surface area contributed by atoms with Gasteiger partial charge in [0.2, 0.25) is 11.7 Å². The number of pyridine rings is 1. The van der Waals surface area contributed by atoms with E-state index in [4.69, 9.17) is 4.74 Å². The molecular weight excluding hydrogens is 328 g/mol. The molecule has 3 rings (SSSR count). The largest absolute Gasteiger partial charge is 0.436 e. The quantitative estimate of drug-likeness (QED) is 0.610. The standard InChI is InChI=1S/C15H8BrF2NO/c16-10-7-11(17)15(18)13(8-10)20-14-6-5-9-3-1-2-4-12(9)19-14/h1-8H. The maximum Gasteiger partial charge on any atom is 0.219 e. The van der Waals surface area contributed by atoms with Gasteiger partial charge in [-0.25, -0.2) is 9.37 Å². The van der Waals surface area contributed by atoms with Crippen molar-refractivity contribution in [2.45, 2.75) is 0 Å². The first-order chi connectivity index (χ1) is 9.63. The van der Waals surface area contributed by atoms with Crippen LogP contribution in [0.2, 0.25) is 0 Å². The van der Waals surface area contributed by atoms with Crippen LogP contribution in [-0.2, 0) is 0 Å². The van der Waals surface area contributed by atoms with Crippen LogP contribution in [-0.4, -0.2) is 4.98 Å². The third-order valence-electron chi connectivity index (χ3n) is 2.75. The highest BCUT2D eigenvalue weighted by Gasteiger charge is 2.12. The van der Waals surface area contributed by atoms with Gasteiger partial charge in [-0.1, -0.05) is 34.1 Å². The summed E-state index contributed by atoms with van der Waals surface area (Å²) in [7, 11) is 0. The van der Waals surface area contributed by atoms with Crippen molar-refractivity contribution in [1.82, 2.24) is 4.98 Å². The average Bonchev–Trinajstić information content (AvgIpc) is 2.44. The number of para-hydroxylation sites is 1. The van der Waals surface area contributed by atoms with E-state index in [1.54, 1.807) is 6.07 Å². The van der Waals surface area contributed by atoms with E-state index >= 15 is 0 Å². The lowest BCUT2D eigenvalue weighted by Gasteiger charge is -2.08. The number of benzene rings is 2. The van der Waals surface area contributed by atoms with Crippen LogP contribution >= 0.6 is 15.9 Å². The summed E-state index contributed by atoms with van der Waals surface area (Å²) in [5.41, 5.74) is 0.723. The Labute approximate surface area is 122 Å². The number of hydrogen-bond acceptors (Lipinski definition) is 2. The summed E-state index contributed by atoms with van der Waals surface area (Å²) < 4.78 is 32.6.